The van der Waals surface area contributed by atoms with Crippen molar-refractivity contribution < 1.29 is 9.53 Å². The fourth-order valence-electron chi connectivity index (χ4n) is 1.58. The van der Waals surface area contributed by atoms with Crippen LogP contribution in [-0.4, -0.2) is 19.0 Å². The summed E-state index contributed by atoms with van der Waals surface area (Å²) in [5.74, 6) is 0.306. The van der Waals surface area contributed by atoms with Crippen LogP contribution in [0.3, 0.4) is 0 Å². The van der Waals surface area contributed by atoms with Gasteiger partial charge in [0.15, 0.2) is 5.78 Å². The number of hydrogen-bond donors (Lipinski definition) is 0. The summed E-state index contributed by atoms with van der Waals surface area (Å²) >= 11 is 0. The summed E-state index contributed by atoms with van der Waals surface area (Å²) in [6.45, 7) is 1.32. The number of hydrogen-bond acceptors (Lipinski definition) is 2. The van der Waals surface area contributed by atoms with Gasteiger partial charge >= 0.3 is 0 Å². The van der Waals surface area contributed by atoms with Crippen LogP contribution in [0.1, 0.15) is 16.8 Å². The van der Waals surface area contributed by atoms with Crippen LogP contribution in [0.15, 0.2) is 30.3 Å². The lowest BCUT2D eigenvalue weighted by Gasteiger charge is -2.05. The first kappa shape index (κ1) is 8.45. The summed E-state index contributed by atoms with van der Waals surface area (Å²) in [7, 11) is 0. The van der Waals surface area contributed by atoms with Gasteiger partial charge in [0.1, 0.15) is 0 Å². The Kier molecular flexibility index (Phi) is 2.41. The van der Waals surface area contributed by atoms with Gasteiger partial charge in [-0.2, -0.15) is 0 Å². The fourth-order valence-corrected chi connectivity index (χ4v) is 1.58. The Balaban J connectivity index is 2.13. The molecule has 0 bridgehead atoms. The van der Waals surface area contributed by atoms with Gasteiger partial charge in [0.2, 0.25) is 0 Å². The van der Waals surface area contributed by atoms with E-state index in [-0.39, 0.29) is 11.7 Å². The number of ketones is 1. The highest BCUT2D eigenvalue weighted by Gasteiger charge is 2.23. The zero-order valence-corrected chi connectivity index (χ0v) is 7.40. The number of ether oxygens (including phenoxy) is 1. The van der Waals surface area contributed by atoms with Gasteiger partial charge in [-0.3, -0.25) is 4.79 Å². The molecule has 0 N–H and O–H groups in total. The number of carbonyl (C=O) groups is 1. The highest BCUT2D eigenvalue weighted by molar-refractivity contribution is 5.98. The van der Waals surface area contributed by atoms with Gasteiger partial charge in [0.05, 0.1) is 6.61 Å². The minimum absolute atomic E-state index is 0.0856. The third kappa shape index (κ3) is 1.78. The predicted octanol–water partition coefficient (Wildman–Crippen LogP) is 1.91. The summed E-state index contributed by atoms with van der Waals surface area (Å²) in [5, 5.41) is 0. The van der Waals surface area contributed by atoms with Crippen LogP contribution >= 0.6 is 0 Å². The van der Waals surface area contributed by atoms with E-state index in [0.717, 1.165) is 18.6 Å². The minimum atomic E-state index is 0.0856. The largest absolute Gasteiger partial charge is 0.381 e. The van der Waals surface area contributed by atoms with Crippen molar-refractivity contribution in [2.45, 2.75) is 6.42 Å². The second kappa shape index (κ2) is 3.71. The molecule has 0 aromatic heterocycles. The van der Waals surface area contributed by atoms with Crippen LogP contribution in [0.4, 0.5) is 0 Å². The highest BCUT2D eigenvalue weighted by Crippen LogP contribution is 2.17. The average Bonchev–Trinajstić information content (AvgIpc) is 2.71. The summed E-state index contributed by atoms with van der Waals surface area (Å²) < 4.78 is 5.18. The molecule has 2 nitrogen and oxygen atoms in total. The van der Waals surface area contributed by atoms with Gasteiger partial charge in [0, 0.05) is 18.1 Å². The molecule has 2 heteroatoms. The molecule has 1 aromatic carbocycles. The molecule has 1 fully saturated rings. The molecule has 1 aliphatic rings. The normalized spacial score (nSPS) is 21.7. The SMILES string of the molecule is O=C(c1ccccc1)[C@@H]1CCOC1. The fraction of sp³-hybridized carbons (Fsp3) is 0.364. The van der Waals surface area contributed by atoms with Crippen molar-refractivity contribution in [3.05, 3.63) is 35.9 Å². The molecule has 0 aliphatic carbocycles. The van der Waals surface area contributed by atoms with E-state index in [0.29, 0.717) is 6.61 Å². The third-order valence-corrected chi connectivity index (χ3v) is 2.36. The molecular formula is C11H12O2. The maximum atomic E-state index is 11.8. The van der Waals surface area contributed by atoms with Crippen LogP contribution in [-0.2, 0) is 4.74 Å². The molecule has 1 aromatic rings. The van der Waals surface area contributed by atoms with E-state index in [9.17, 15) is 4.79 Å². The van der Waals surface area contributed by atoms with Crippen LogP contribution < -0.4 is 0 Å². The zero-order valence-electron chi connectivity index (χ0n) is 7.40. The first-order chi connectivity index (χ1) is 6.38. The first-order valence-corrected chi connectivity index (χ1v) is 4.55. The monoisotopic (exact) mass is 176 g/mol. The van der Waals surface area contributed by atoms with E-state index in [2.05, 4.69) is 0 Å². The van der Waals surface area contributed by atoms with E-state index in [1.165, 1.54) is 0 Å². The summed E-state index contributed by atoms with van der Waals surface area (Å²) in [5.41, 5.74) is 0.804. The molecule has 1 heterocycles. The molecule has 1 aliphatic heterocycles. The molecule has 0 unspecified atom stereocenters. The molecule has 0 radical (unpaired) electrons. The van der Waals surface area contributed by atoms with Crippen molar-refractivity contribution in [2.24, 2.45) is 5.92 Å². The molecule has 2 rings (SSSR count). The Morgan fingerprint density at radius 1 is 1.31 bits per heavy atom. The zero-order chi connectivity index (χ0) is 9.10. The van der Waals surface area contributed by atoms with Crippen LogP contribution in [0.5, 0.6) is 0 Å². The standard InChI is InChI=1S/C11H12O2/c12-11(10-6-7-13-8-10)9-4-2-1-3-5-9/h1-5,10H,6-8H2/t10-/m1/s1. The number of carbonyl (C=O) groups excluding carboxylic acids is 1. The van der Waals surface area contributed by atoms with Gasteiger partial charge in [-0.15, -0.1) is 0 Å². The summed E-state index contributed by atoms with van der Waals surface area (Å²) in [4.78, 5) is 11.8. The van der Waals surface area contributed by atoms with Crippen molar-refractivity contribution in [3.8, 4) is 0 Å². The van der Waals surface area contributed by atoms with E-state index in [4.69, 9.17) is 4.74 Å². The van der Waals surface area contributed by atoms with Crippen molar-refractivity contribution in [1.29, 1.82) is 0 Å². The van der Waals surface area contributed by atoms with Crippen molar-refractivity contribution in [1.82, 2.24) is 0 Å². The van der Waals surface area contributed by atoms with Gasteiger partial charge in [-0.1, -0.05) is 30.3 Å². The van der Waals surface area contributed by atoms with E-state index in [1.807, 2.05) is 30.3 Å². The number of Topliss-reactive ketones (excluding diaryl/α,β-unsaturated/α-hetero) is 1. The molecule has 68 valence electrons. The van der Waals surface area contributed by atoms with Gasteiger partial charge in [0.25, 0.3) is 0 Å². The minimum Gasteiger partial charge on any atom is -0.381 e. The van der Waals surface area contributed by atoms with Gasteiger partial charge in [-0.05, 0) is 6.42 Å². The lowest BCUT2D eigenvalue weighted by molar-refractivity contribution is 0.0900. The smallest absolute Gasteiger partial charge is 0.168 e. The quantitative estimate of drug-likeness (QED) is 0.643. The Hall–Kier alpha value is -1.15. The van der Waals surface area contributed by atoms with Crippen molar-refractivity contribution in [3.63, 3.8) is 0 Å². The maximum Gasteiger partial charge on any atom is 0.168 e. The molecule has 1 atom stereocenters. The lowest BCUT2D eigenvalue weighted by atomic mass is 9.97. The second-order valence-corrected chi connectivity index (χ2v) is 3.29. The lowest BCUT2D eigenvalue weighted by Crippen LogP contribution is -2.14. The highest BCUT2D eigenvalue weighted by atomic mass is 16.5. The average molecular weight is 176 g/mol. The van der Waals surface area contributed by atoms with Crippen LogP contribution in [0.2, 0.25) is 0 Å². The molecule has 0 spiro atoms. The van der Waals surface area contributed by atoms with E-state index >= 15 is 0 Å². The Labute approximate surface area is 77.5 Å². The van der Waals surface area contributed by atoms with E-state index in [1.54, 1.807) is 0 Å². The molecule has 1 saturated heterocycles. The maximum absolute atomic E-state index is 11.8. The van der Waals surface area contributed by atoms with Crippen LogP contribution in [0.25, 0.3) is 0 Å². The Bertz CT molecular complexity index is 286. The Morgan fingerprint density at radius 3 is 2.69 bits per heavy atom. The number of benzene rings is 1. The summed E-state index contributed by atoms with van der Waals surface area (Å²) in [6.07, 6.45) is 0.869. The third-order valence-electron chi connectivity index (χ3n) is 2.36. The molecule has 0 saturated carbocycles. The summed E-state index contributed by atoms with van der Waals surface area (Å²) in [6, 6.07) is 9.43. The van der Waals surface area contributed by atoms with Crippen molar-refractivity contribution >= 4 is 5.78 Å². The van der Waals surface area contributed by atoms with Gasteiger partial charge in [-0.25, -0.2) is 0 Å². The predicted molar refractivity (Wildman–Crippen MR) is 49.7 cm³/mol. The number of rotatable bonds is 2. The molecule has 0 amide bonds. The second-order valence-electron chi connectivity index (χ2n) is 3.29. The topological polar surface area (TPSA) is 26.3 Å². The van der Waals surface area contributed by atoms with E-state index < -0.39 is 0 Å². The Morgan fingerprint density at radius 2 is 2.08 bits per heavy atom. The molecule has 13 heavy (non-hydrogen) atoms. The first-order valence-electron chi connectivity index (χ1n) is 4.55. The van der Waals surface area contributed by atoms with Gasteiger partial charge < -0.3 is 4.74 Å². The van der Waals surface area contributed by atoms with Crippen molar-refractivity contribution in [2.75, 3.05) is 13.2 Å². The van der Waals surface area contributed by atoms with Crippen LogP contribution in [0, 0.1) is 5.92 Å². The molecular weight excluding hydrogens is 164 g/mol.